The monoisotopic (exact) mass is 547 g/mol. The summed E-state index contributed by atoms with van der Waals surface area (Å²) >= 11 is 1.03. The average molecular weight is 548 g/mol. The van der Waals surface area contributed by atoms with Gasteiger partial charge in [-0.3, -0.25) is 23.8 Å². The fraction of sp³-hybridized carbons (Fsp3) is 0.500. The second-order valence-corrected chi connectivity index (χ2v) is 10.2. The zero-order valence-corrected chi connectivity index (χ0v) is 22.4. The third-order valence-electron chi connectivity index (χ3n) is 6.55. The number of carboxylic acid groups (broad SMARTS) is 1. The number of aromatic nitrogens is 2. The van der Waals surface area contributed by atoms with Crippen molar-refractivity contribution in [1.82, 2.24) is 19.8 Å². The van der Waals surface area contributed by atoms with E-state index >= 15 is 0 Å². The smallest absolute Gasteiger partial charge is 0.326 e. The lowest BCUT2D eigenvalue weighted by molar-refractivity contribution is -0.141. The Kier molecular flexibility index (Phi) is 10.7. The number of carboxylic acids is 1. The number of rotatable bonds is 12. The van der Waals surface area contributed by atoms with Gasteiger partial charge in [0, 0.05) is 25.6 Å². The Hall–Kier alpha value is -3.41. The largest absolute Gasteiger partial charge is 0.480 e. The maximum atomic E-state index is 14.9. The summed E-state index contributed by atoms with van der Waals surface area (Å²) in [7, 11) is 0. The molecule has 38 heavy (non-hydrogen) atoms. The van der Waals surface area contributed by atoms with E-state index in [1.54, 1.807) is 17.7 Å². The van der Waals surface area contributed by atoms with E-state index in [1.807, 2.05) is 6.92 Å². The normalized spacial score (nSPS) is 15.3. The third kappa shape index (κ3) is 7.80. The quantitative estimate of drug-likeness (QED) is 0.298. The number of nitrogens with one attached hydrogen (secondary N) is 3. The zero-order chi connectivity index (χ0) is 27.7. The van der Waals surface area contributed by atoms with Gasteiger partial charge in [0.1, 0.15) is 22.8 Å². The minimum absolute atomic E-state index is 0.0194. The van der Waals surface area contributed by atoms with Gasteiger partial charge in [0.05, 0.1) is 5.69 Å². The number of halogens is 1. The summed E-state index contributed by atoms with van der Waals surface area (Å²) in [6, 6.07) is 4.46. The predicted molar refractivity (Wildman–Crippen MR) is 142 cm³/mol. The minimum atomic E-state index is -1.22. The van der Waals surface area contributed by atoms with Crippen molar-refractivity contribution in [2.75, 3.05) is 5.32 Å². The van der Waals surface area contributed by atoms with E-state index in [-0.39, 0.29) is 30.4 Å². The van der Waals surface area contributed by atoms with Crippen LogP contribution in [0.2, 0.25) is 0 Å². The molecule has 1 aliphatic rings. The van der Waals surface area contributed by atoms with Crippen LogP contribution in [0.15, 0.2) is 30.5 Å². The van der Waals surface area contributed by atoms with E-state index in [0.29, 0.717) is 17.8 Å². The van der Waals surface area contributed by atoms with Gasteiger partial charge in [-0.1, -0.05) is 32.3 Å². The molecule has 1 aliphatic carbocycles. The molecular formula is C26H34FN5O5S. The van der Waals surface area contributed by atoms with Crippen LogP contribution < -0.4 is 15.4 Å². The molecule has 1 aromatic carbocycles. The number of aryl methyl sites for hydroxylation is 1. The Bertz CT molecular complexity index is 1150. The topological polar surface area (TPSA) is 142 Å². The molecule has 0 bridgehead atoms. The second kappa shape index (κ2) is 13.9. The molecule has 2 aromatic rings. The van der Waals surface area contributed by atoms with Gasteiger partial charge in [0.15, 0.2) is 0 Å². The highest BCUT2D eigenvalue weighted by molar-refractivity contribution is 7.99. The number of hydrogen-bond donors (Lipinski definition) is 4. The Morgan fingerprint density at radius 1 is 1.16 bits per heavy atom. The first-order valence-electron chi connectivity index (χ1n) is 12.8. The molecule has 1 fully saturated rings. The van der Waals surface area contributed by atoms with Gasteiger partial charge in [-0.25, -0.2) is 9.18 Å². The summed E-state index contributed by atoms with van der Waals surface area (Å²) in [6.07, 6.45) is 6.27. The summed E-state index contributed by atoms with van der Waals surface area (Å²) < 4.78 is 19.3. The first kappa shape index (κ1) is 29.2. The Morgan fingerprint density at radius 2 is 1.89 bits per heavy atom. The lowest BCUT2D eigenvalue weighted by atomic mass is 9.86. The molecule has 1 aromatic heterocycles. The lowest BCUT2D eigenvalue weighted by Gasteiger charge is -2.29. The molecule has 1 saturated carbocycles. The molecule has 0 spiro atoms. The molecule has 10 nitrogen and oxygen atoms in total. The molecule has 206 valence electrons. The average Bonchev–Trinajstić information content (AvgIpc) is 3.39. The molecule has 4 N–H and O–H groups in total. The van der Waals surface area contributed by atoms with Crippen molar-refractivity contribution < 1.29 is 28.7 Å². The fourth-order valence-electron chi connectivity index (χ4n) is 4.47. The lowest BCUT2D eigenvalue weighted by Crippen LogP contribution is -2.42. The van der Waals surface area contributed by atoms with Crippen molar-refractivity contribution in [1.29, 1.82) is 0 Å². The first-order chi connectivity index (χ1) is 18.2. The summed E-state index contributed by atoms with van der Waals surface area (Å²) in [5.41, 5.74) is 0.710. The maximum absolute atomic E-state index is 14.9. The number of nitrogens with zero attached hydrogens (tertiary/aromatic N) is 2. The summed E-state index contributed by atoms with van der Waals surface area (Å²) in [6.45, 7) is 4.01. The molecule has 2 atom stereocenters. The second-order valence-electron chi connectivity index (χ2n) is 9.22. The van der Waals surface area contributed by atoms with E-state index in [2.05, 4.69) is 20.5 Å². The van der Waals surface area contributed by atoms with Crippen LogP contribution in [-0.2, 0) is 27.3 Å². The highest BCUT2D eigenvalue weighted by Gasteiger charge is 2.32. The number of carbonyl (C=O) groups excluding carboxylic acids is 3. The van der Waals surface area contributed by atoms with Crippen molar-refractivity contribution in [3.63, 3.8) is 0 Å². The van der Waals surface area contributed by atoms with Crippen molar-refractivity contribution in [3.8, 4) is 0 Å². The molecule has 0 saturated heterocycles. The van der Waals surface area contributed by atoms with Gasteiger partial charge in [-0.05, 0) is 61.4 Å². The fourth-order valence-corrected chi connectivity index (χ4v) is 5.44. The molecule has 3 amide bonds. The molecule has 1 heterocycles. The van der Waals surface area contributed by atoms with Crippen LogP contribution >= 0.6 is 11.9 Å². The molecule has 12 heteroatoms. The van der Waals surface area contributed by atoms with Gasteiger partial charge >= 0.3 is 5.97 Å². The molecule has 0 radical (unpaired) electrons. The van der Waals surface area contributed by atoms with Crippen LogP contribution in [0.1, 0.15) is 68.4 Å². The van der Waals surface area contributed by atoms with Crippen molar-refractivity contribution in [2.24, 2.45) is 5.92 Å². The molecule has 0 unspecified atom stereocenters. The van der Waals surface area contributed by atoms with Gasteiger partial charge in [-0.15, -0.1) is 0 Å². The van der Waals surface area contributed by atoms with Crippen LogP contribution in [0.5, 0.6) is 0 Å². The minimum Gasteiger partial charge on any atom is -0.480 e. The molecule has 0 aliphatic heterocycles. The Morgan fingerprint density at radius 3 is 2.53 bits per heavy atom. The maximum Gasteiger partial charge on any atom is 0.326 e. The Labute approximate surface area is 225 Å². The van der Waals surface area contributed by atoms with E-state index in [4.69, 9.17) is 0 Å². The molecular weight excluding hydrogens is 513 g/mol. The van der Waals surface area contributed by atoms with Crippen LogP contribution in [0.4, 0.5) is 10.1 Å². The van der Waals surface area contributed by atoms with Crippen LogP contribution in [-0.4, -0.2) is 49.9 Å². The summed E-state index contributed by atoms with van der Waals surface area (Å²) in [5.74, 6) is -3.12. The predicted octanol–water partition coefficient (Wildman–Crippen LogP) is 3.53. The number of amides is 3. The van der Waals surface area contributed by atoms with Gasteiger partial charge in [0.2, 0.25) is 11.8 Å². The SMILES string of the molecule is CCC(=O)N[C@H](Cc1ccc(NC(=O)[C@@H](SNC(=O)c2ccnn2CC)C2CCCCC2)c(F)c1)C(=O)O. The molecule has 3 rings (SSSR count). The number of anilines is 1. The first-order valence-corrected chi connectivity index (χ1v) is 13.7. The van der Waals surface area contributed by atoms with E-state index in [0.717, 1.165) is 50.1 Å². The summed E-state index contributed by atoms with van der Waals surface area (Å²) in [4.78, 5) is 49.1. The van der Waals surface area contributed by atoms with Gasteiger partial charge < -0.3 is 15.7 Å². The van der Waals surface area contributed by atoms with Gasteiger partial charge in [0.25, 0.3) is 5.91 Å². The van der Waals surface area contributed by atoms with E-state index in [1.165, 1.54) is 18.3 Å². The zero-order valence-electron chi connectivity index (χ0n) is 21.5. The van der Waals surface area contributed by atoms with Crippen LogP contribution in [0.25, 0.3) is 0 Å². The van der Waals surface area contributed by atoms with Crippen molar-refractivity contribution >= 4 is 41.3 Å². The number of aliphatic carboxylic acids is 1. The van der Waals surface area contributed by atoms with Crippen LogP contribution in [0.3, 0.4) is 0 Å². The number of benzene rings is 1. The van der Waals surface area contributed by atoms with E-state index < -0.39 is 34.9 Å². The highest BCUT2D eigenvalue weighted by atomic mass is 32.2. The standard InChI is InChI=1S/C26H34FN5O5S/c1-3-22(33)29-20(26(36)37)15-16-10-11-19(18(27)14-16)30-25(35)23(17-8-6-5-7-9-17)38-31-24(34)21-12-13-28-32(21)4-2/h10-14,17,20,23H,3-9,15H2,1-2H3,(H,29,33)(H,30,35)(H,31,34)(H,36,37)/t20-,23+/m1/s1. The van der Waals surface area contributed by atoms with Gasteiger partial charge in [-0.2, -0.15) is 5.10 Å². The number of hydrogen-bond acceptors (Lipinski definition) is 6. The third-order valence-corrected chi connectivity index (χ3v) is 7.71. The Balaban J connectivity index is 1.70. The van der Waals surface area contributed by atoms with Crippen molar-refractivity contribution in [2.45, 2.75) is 76.6 Å². The van der Waals surface area contributed by atoms with Crippen molar-refractivity contribution in [3.05, 3.63) is 47.5 Å². The van der Waals surface area contributed by atoms with Crippen LogP contribution in [0, 0.1) is 11.7 Å². The highest BCUT2D eigenvalue weighted by Crippen LogP contribution is 2.33. The number of carbonyl (C=O) groups is 4. The van der Waals surface area contributed by atoms with E-state index in [9.17, 15) is 28.7 Å². The summed E-state index contributed by atoms with van der Waals surface area (Å²) in [5, 5.41) is 17.9.